The Kier molecular flexibility index (Phi) is 1.08. The minimum atomic E-state index is 0.179. The summed E-state index contributed by atoms with van der Waals surface area (Å²) in [5.74, 6) is 1.15. The first kappa shape index (κ1) is 6.20. The predicted molar refractivity (Wildman–Crippen MR) is 38.5 cm³/mol. The predicted octanol–water partition coefficient (Wildman–Crippen LogP) is 1.07. The van der Waals surface area contributed by atoms with Crippen LogP contribution in [-0.2, 0) is 4.79 Å². The van der Waals surface area contributed by atoms with E-state index in [0.717, 1.165) is 12.3 Å². The largest absolute Gasteiger partial charge is 0.350 e. The normalized spacial score (nSPS) is 38.7. The Morgan fingerprint density at radius 3 is 2.70 bits per heavy atom. The number of carbonyl (C=O) groups excluding carboxylic acids is 1. The maximum Gasteiger partial charge on any atom is 0.222 e. The van der Waals surface area contributed by atoms with Gasteiger partial charge in [0, 0.05) is 12.0 Å². The van der Waals surface area contributed by atoms with E-state index in [4.69, 9.17) is 0 Å². The molecule has 1 heterocycles. The first-order chi connectivity index (χ1) is 4.68. The fourth-order valence-electron chi connectivity index (χ4n) is 1.75. The molecule has 2 rings (SSSR count). The van der Waals surface area contributed by atoms with E-state index in [1.54, 1.807) is 0 Å². The van der Waals surface area contributed by atoms with Gasteiger partial charge in [-0.25, -0.2) is 0 Å². The molecule has 2 nitrogen and oxygen atoms in total. The third-order valence-corrected chi connectivity index (χ3v) is 2.43. The number of carbonyl (C=O) groups is 1. The SMILES string of the molecule is CC1(CC2CC2)CC(=O)N1. The molecule has 0 aromatic heterocycles. The van der Waals surface area contributed by atoms with Crippen molar-refractivity contribution >= 4 is 5.91 Å². The van der Waals surface area contributed by atoms with Crippen LogP contribution in [0.4, 0.5) is 0 Å². The summed E-state index contributed by atoms with van der Waals surface area (Å²) in [6.45, 7) is 2.15. The standard InChI is InChI=1S/C8H13NO/c1-8(4-6-2-3-6)5-7(10)9-8/h6H,2-5H2,1H3,(H,9,10). The molecule has 0 aromatic carbocycles. The van der Waals surface area contributed by atoms with Crippen molar-refractivity contribution in [1.29, 1.82) is 0 Å². The van der Waals surface area contributed by atoms with Crippen LogP contribution in [0.3, 0.4) is 0 Å². The Bertz CT molecular complexity index is 164. The van der Waals surface area contributed by atoms with Crippen LogP contribution in [0.1, 0.15) is 32.6 Å². The highest BCUT2D eigenvalue weighted by Crippen LogP contribution is 2.39. The lowest BCUT2D eigenvalue weighted by Gasteiger charge is -2.39. The minimum Gasteiger partial charge on any atom is -0.350 e. The van der Waals surface area contributed by atoms with Crippen molar-refractivity contribution in [3.05, 3.63) is 0 Å². The summed E-state index contributed by atoms with van der Waals surface area (Å²) in [6, 6.07) is 0. The molecule has 1 N–H and O–H groups in total. The molecule has 2 fully saturated rings. The van der Waals surface area contributed by atoms with E-state index in [0.29, 0.717) is 0 Å². The third kappa shape index (κ3) is 1.02. The minimum absolute atomic E-state index is 0.179. The second-order valence-corrected chi connectivity index (χ2v) is 3.93. The first-order valence-corrected chi connectivity index (χ1v) is 3.99. The summed E-state index contributed by atoms with van der Waals surface area (Å²) in [6.07, 6.45) is 4.72. The number of nitrogens with one attached hydrogen (secondary N) is 1. The van der Waals surface area contributed by atoms with Crippen LogP contribution in [0.25, 0.3) is 0 Å². The molecular formula is C8H13NO. The fourth-order valence-corrected chi connectivity index (χ4v) is 1.75. The molecule has 1 aliphatic heterocycles. The van der Waals surface area contributed by atoms with E-state index in [2.05, 4.69) is 12.2 Å². The van der Waals surface area contributed by atoms with Crippen LogP contribution in [0, 0.1) is 5.92 Å². The molecule has 10 heavy (non-hydrogen) atoms. The highest BCUT2D eigenvalue weighted by molar-refractivity contribution is 5.84. The van der Waals surface area contributed by atoms with Gasteiger partial charge in [-0.1, -0.05) is 12.8 Å². The van der Waals surface area contributed by atoms with Gasteiger partial charge in [0.2, 0.25) is 5.91 Å². The molecule has 1 saturated carbocycles. The van der Waals surface area contributed by atoms with Crippen molar-refractivity contribution < 1.29 is 4.79 Å². The summed E-state index contributed by atoms with van der Waals surface area (Å²) >= 11 is 0. The molecule has 1 saturated heterocycles. The summed E-state index contributed by atoms with van der Waals surface area (Å²) < 4.78 is 0. The summed E-state index contributed by atoms with van der Waals surface area (Å²) in [5.41, 5.74) is 0.179. The van der Waals surface area contributed by atoms with Gasteiger partial charge in [0.15, 0.2) is 0 Å². The second kappa shape index (κ2) is 1.74. The van der Waals surface area contributed by atoms with Crippen molar-refractivity contribution in [2.45, 2.75) is 38.1 Å². The number of amides is 1. The van der Waals surface area contributed by atoms with Crippen LogP contribution >= 0.6 is 0 Å². The molecule has 2 aliphatic rings. The molecule has 0 radical (unpaired) electrons. The monoisotopic (exact) mass is 139 g/mol. The van der Waals surface area contributed by atoms with Gasteiger partial charge in [-0.2, -0.15) is 0 Å². The molecule has 2 heteroatoms. The van der Waals surface area contributed by atoms with E-state index >= 15 is 0 Å². The molecule has 0 spiro atoms. The summed E-state index contributed by atoms with van der Waals surface area (Å²) in [7, 11) is 0. The molecule has 1 amide bonds. The van der Waals surface area contributed by atoms with Crippen LogP contribution in [-0.4, -0.2) is 11.4 Å². The number of hydrogen-bond acceptors (Lipinski definition) is 1. The lowest BCUT2D eigenvalue weighted by molar-refractivity contribution is -0.132. The van der Waals surface area contributed by atoms with E-state index in [-0.39, 0.29) is 11.4 Å². The van der Waals surface area contributed by atoms with Crippen molar-refractivity contribution in [2.24, 2.45) is 5.92 Å². The number of rotatable bonds is 2. The Labute approximate surface area is 61.0 Å². The molecule has 1 atom stereocenters. The van der Waals surface area contributed by atoms with Crippen molar-refractivity contribution in [2.75, 3.05) is 0 Å². The highest BCUT2D eigenvalue weighted by Gasteiger charge is 2.42. The molecule has 56 valence electrons. The van der Waals surface area contributed by atoms with Gasteiger partial charge in [-0.05, 0) is 19.3 Å². The zero-order valence-corrected chi connectivity index (χ0v) is 6.31. The number of β-lactam (4-membered cyclic amide) rings is 1. The van der Waals surface area contributed by atoms with Gasteiger partial charge in [0.05, 0.1) is 0 Å². The average molecular weight is 139 g/mol. The van der Waals surface area contributed by atoms with Crippen LogP contribution in [0.5, 0.6) is 0 Å². The summed E-state index contributed by atoms with van der Waals surface area (Å²) in [5, 5.41) is 2.95. The quantitative estimate of drug-likeness (QED) is 0.569. The fraction of sp³-hybridized carbons (Fsp3) is 0.875. The topological polar surface area (TPSA) is 29.1 Å². The molecule has 1 aliphatic carbocycles. The zero-order chi connectivity index (χ0) is 7.19. The van der Waals surface area contributed by atoms with Gasteiger partial charge in [-0.15, -0.1) is 0 Å². The van der Waals surface area contributed by atoms with E-state index < -0.39 is 0 Å². The van der Waals surface area contributed by atoms with E-state index in [1.165, 1.54) is 19.3 Å². The van der Waals surface area contributed by atoms with Crippen molar-refractivity contribution in [1.82, 2.24) is 5.32 Å². The second-order valence-electron chi connectivity index (χ2n) is 3.93. The lowest BCUT2D eigenvalue weighted by atomic mass is 9.84. The number of hydrogen-bond donors (Lipinski definition) is 1. The lowest BCUT2D eigenvalue weighted by Crippen LogP contribution is -2.59. The van der Waals surface area contributed by atoms with Crippen LogP contribution < -0.4 is 5.32 Å². The Morgan fingerprint density at radius 1 is 1.70 bits per heavy atom. The van der Waals surface area contributed by atoms with Gasteiger partial charge in [0.25, 0.3) is 0 Å². The van der Waals surface area contributed by atoms with Gasteiger partial charge in [0.1, 0.15) is 0 Å². The van der Waals surface area contributed by atoms with Crippen LogP contribution in [0.15, 0.2) is 0 Å². The molecular weight excluding hydrogens is 126 g/mol. The molecule has 0 aromatic rings. The van der Waals surface area contributed by atoms with Gasteiger partial charge in [-0.3, -0.25) is 4.79 Å². The van der Waals surface area contributed by atoms with E-state index in [9.17, 15) is 4.79 Å². The molecule has 1 unspecified atom stereocenters. The Morgan fingerprint density at radius 2 is 2.30 bits per heavy atom. The van der Waals surface area contributed by atoms with Crippen molar-refractivity contribution in [3.8, 4) is 0 Å². The van der Waals surface area contributed by atoms with E-state index in [1.807, 2.05) is 0 Å². The average Bonchev–Trinajstić information content (AvgIpc) is 2.45. The zero-order valence-electron chi connectivity index (χ0n) is 6.31. The molecule has 0 bridgehead atoms. The van der Waals surface area contributed by atoms with Gasteiger partial charge < -0.3 is 5.32 Å². The Balaban J connectivity index is 1.85. The Hall–Kier alpha value is -0.530. The smallest absolute Gasteiger partial charge is 0.222 e. The maximum atomic E-state index is 10.6. The highest BCUT2D eigenvalue weighted by atomic mass is 16.2. The third-order valence-electron chi connectivity index (χ3n) is 2.43. The van der Waals surface area contributed by atoms with Crippen LogP contribution in [0.2, 0.25) is 0 Å². The maximum absolute atomic E-state index is 10.6. The summed E-state index contributed by atoms with van der Waals surface area (Å²) in [4.78, 5) is 10.6. The first-order valence-electron chi connectivity index (χ1n) is 3.99. The van der Waals surface area contributed by atoms with Crippen molar-refractivity contribution in [3.63, 3.8) is 0 Å². The van der Waals surface area contributed by atoms with Gasteiger partial charge >= 0.3 is 0 Å².